The van der Waals surface area contributed by atoms with Crippen molar-refractivity contribution in [3.8, 4) is 0 Å². The molecule has 0 aliphatic rings. The molecule has 0 spiro atoms. The van der Waals surface area contributed by atoms with Crippen LogP contribution in [0.3, 0.4) is 0 Å². The molecule has 2 amide bonds. The van der Waals surface area contributed by atoms with E-state index in [1.54, 1.807) is 0 Å². The lowest BCUT2D eigenvalue weighted by atomic mass is 10.5. The molecule has 0 aromatic rings. The van der Waals surface area contributed by atoms with E-state index >= 15 is 0 Å². The van der Waals surface area contributed by atoms with E-state index in [0.717, 1.165) is 0 Å². The van der Waals surface area contributed by atoms with Gasteiger partial charge < -0.3 is 25.2 Å². The zero-order valence-electron chi connectivity index (χ0n) is 10.4. The van der Waals surface area contributed by atoms with Crippen molar-refractivity contribution in [3.05, 3.63) is 0 Å². The van der Waals surface area contributed by atoms with E-state index in [1.807, 2.05) is 0 Å². The summed E-state index contributed by atoms with van der Waals surface area (Å²) in [7, 11) is 0. The maximum absolute atomic E-state index is 11.1. The van der Waals surface area contributed by atoms with Crippen LogP contribution in [0.4, 0.5) is 0 Å². The highest BCUT2D eigenvalue weighted by Crippen LogP contribution is 1.78. The topological polar surface area (TPSA) is 131 Å². The second kappa shape index (κ2) is 9.97. The minimum atomic E-state index is -1.18. The average molecular weight is 276 g/mol. The molecule has 0 unspecified atom stereocenters. The summed E-state index contributed by atoms with van der Waals surface area (Å²) in [6, 6.07) is 0. The van der Waals surface area contributed by atoms with Crippen LogP contribution >= 0.6 is 0 Å². The number of carboxylic acids is 1. The van der Waals surface area contributed by atoms with Gasteiger partial charge in [-0.25, -0.2) is 4.79 Å². The van der Waals surface area contributed by atoms with Gasteiger partial charge in [-0.1, -0.05) is 0 Å². The highest BCUT2D eigenvalue weighted by Gasteiger charge is 2.05. The standard InChI is InChI=1S/C10H16N2O7/c1-7(13)2-18-3-8(14)11-6-12-9(15)4-19-5-10(16)17/h2-6H2,1H3,(H,11,14)(H,12,15)(H,16,17). The van der Waals surface area contributed by atoms with E-state index < -0.39 is 31.0 Å². The first-order valence-corrected chi connectivity index (χ1v) is 5.32. The minimum Gasteiger partial charge on any atom is -0.480 e. The summed E-state index contributed by atoms with van der Waals surface area (Å²) in [6.07, 6.45) is 0. The molecule has 0 aliphatic carbocycles. The fourth-order valence-electron chi connectivity index (χ4n) is 0.862. The van der Waals surface area contributed by atoms with Crippen LogP contribution in [-0.2, 0) is 28.7 Å². The smallest absolute Gasteiger partial charge is 0.329 e. The zero-order chi connectivity index (χ0) is 14.7. The fourth-order valence-corrected chi connectivity index (χ4v) is 0.862. The maximum Gasteiger partial charge on any atom is 0.329 e. The molecule has 0 bridgehead atoms. The number of carbonyl (C=O) groups is 4. The van der Waals surface area contributed by atoms with Gasteiger partial charge in [0.1, 0.15) is 26.4 Å². The molecule has 9 nitrogen and oxygen atoms in total. The third kappa shape index (κ3) is 12.2. The van der Waals surface area contributed by atoms with Gasteiger partial charge >= 0.3 is 5.97 Å². The van der Waals surface area contributed by atoms with Crippen molar-refractivity contribution in [3.63, 3.8) is 0 Å². The summed E-state index contributed by atoms with van der Waals surface area (Å²) in [5.74, 6) is -2.43. The van der Waals surface area contributed by atoms with Crippen LogP contribution in [0.2, 0.25) is 0 Å². The molecule has 108 valence electrons. The molecule has 0 aromatic carbocycles. The molecule has 0 rings (SSSR count). The number of nitrogens with one attached hydrogen (secondary N) is 2. The Balaban J connectivity index is 3.50. The van der Waals surface area contributed by atoms with Gasteiger partial charge in [0.15, 0.2) is 5.78 Å². The third-order valence-corrected chi connectivity index (χ3v) is 1.57. The van der Waals surface area contributed by atoms with Crippen LogP contribution in [0.1, 0.15) is 6.92 Å². The number of ether oxygens (including phenoxy) is 2. The summed E-state index contributed by atoms with van der Waals surface area (Å²) in [4.78, 5) is 42.7. The van der Waals surface area contributed by atoms with Crippen LogP contribution in [0.25, 0.3) is 0 Å². The second-order valence-electron chi connectivity index (χ2n) is 3.46. The second-order valence-corrected chi connectivity index (χ2v) is 3.46. The number of Topliss-reactive ketones (excluding diaryl/α,β-unsaturated/α-hetero) is 1. The van der Waals surface area contributed by atoms with Crippen molar-refractivity contribution in [1.29, 1.82) is 0 Å². The molecular weight excluding hydrogens is 260 g/mol. The zero-order valence-corrected chi connectivity index (χ0v) is 10.4. The van der Waals surface area contributed by atoms with Crippen molar-refractivity contribution in [2.75, 3.05) is 33.1 Å². The van der Waals surface area contributed by atoms with Crippen molar-refractivity contribution in [1.82, 2.24) is 10.6 Å². The highest BCUT2D eigenvalue weighted by atomic mass is 16.5. The number of ketones is 1. The Labute approximate surface area is 109 Å². The Morgan fingerprint density at radius 2 is 1.37 bits per heavy atom. The van der Waals surface area contributed by atoms with Crippen molar-refractivity contribution in [2.45, 2.75) is 6.92 Å². The highest BCUT2D eigenvalue weighted by molar-refractivity contribution is 5.80. The number of amides is 2. The Morgan fingerprint density at radius 3 is 1.79 bits per heavy atom. The largest absolute Gasteiger partial charge is 0.480 e. The predicted molar refractivity (Wildman–Crippen MR) is 61.1 cm³/mol. The van der Waals surface area contributed by atoms with Crippen LogP contribution in [-0.4, -0.2) is 61.8 Å². The van der Waals surface area contributed by atoms with Gasteiger partial charge in [-0.05, 0) is 6.92 Å². The molecule has 0 saturated heterocycles. The van der Waals surface area contributed by atoms with Gasteiger partial charge in [0.25, 0.3) is 0 Å². The molecule has 19 heavy (non-hydrogen) atoms. The molecule has 0 saturated carbocycles. The lowest BCUT2D eigenvalue weighted by Gasteiger charge is -2.07. The van der Waals surface area contributed by atoms with E-state index in [2.05, 4.69) is 15.4 Å². The summed E-state index contributed by atoms with van der Waals surface area (Å²) in [5.41, 5.74) is 0. The quantitative estimate of drug-likeness (QED) is 0.389. The van der Waals surface area contributed by atoms with Crippen LogP contribution in [0, 0.1) is 0 Å². The number of aliphatic carboxylic acids is 1. The van der Waals surface area contributed by atoms with Crippen LogP contribution < -0.4 is 10.6 Å². The summed E-state index contributed by atoms with van der Waals surface area (Å²) < 4.78 is 9.26. The van der Waals surface area contributed by atoms with E-state index in [4.69, 9.17) is 9.84 Å². The fraction of sp³-hybridized carbons (Fsp3) is 0.600. The summed E-state index contributed by atoms with van der Waals surface area (Å²) in [5, 5.41) is 12.8. The Kier molecular flexibility index (Phi) is 8.92. The van der Waals surface area contributed by atoms with E-state index in [0.29, 0.717) is 0 Å². The Bertz CT molecular complexity index is 311. The molecule has 3 N–H and O–H groups in total. The molecule has 0 fully saturated rings. The first kappa shape index (κ1) is 17.0. The summed E-state index contributed by atoms with van der Waals surface area (Å²) in [6.45, 7) is -0.234. The average Bonchev–Trinajstić information content (AvgIpc) is 2.27. The lowest BCUT2D eigenvalue weighted by Crippen LogP contribution is -2.40. The predicted octanol–water partition coefficient (Wildman–Crippen LogP) is -2.12. The summed E-state index contributed by atoms with van der Waals surface area (Å²) >= 11 is 0. The molecular formula is C10H16N2O7. The molecule has 9 heteroatoms. The van der Waals surface area contributed by atoms with Crippen molar-refractivity contribution >= 4 is 23.6 Å². The van der Waals surface area contributed by atoms with Gasteiger partial charge in [0, 0.05) is 0 Å². The number of hydrogen-bond donors (Lipinski definition) is 3. The number of carbonyl (C=O) groups excluding carboxylic acids is 3. The van der Waals surface area contributed by atoms with Gasteiger partial charge in [-0.3, -0.25) is 14.4 Å². The van der Waals surface area contributed by atoms with Crippen LogP contribution in [0.5, 0.6) is 0 Å². The van der Waals surface area contributed by atoms with Gasteiger partial charge in [-0.15, -0.1) is 0 Å². The molecule has 0 aromatic heterocycles. The number of carboxylic acid groups (broad SMARTS) is 1. The first-order valence-electron chi connectivity index (χ1n) is 5.32. The molecule has 0 aliphatic heterocycles. The van der Waals surface area contributed by atoms with E-state index in [-0.39, 0.29) is 25.7 Å². The van der Waals surface area contributed by atoms with E-state index in [9.17, 15) is 19.2 Å². The monoisotopic (exact) mass is 276 g/mol. The van der Waals surface area contributed by atoms with Crippen LogP contribution in [0.15, 0.2) is 0 Å². The molecule has 0 radical (unpaired) electrons. The minimum absolute atomic E-state index is 0.141. The van der Waals surface area contributed by atoms with Crippen molar-refractivity contribution in [2.24, 2.45) is 0 Å². The normalized spacial score (nSPS) is 9.74. The maximum atomic E-state index is 11.1. The number of rotatable bonds is 10. The third-order valence-electron chi connectivity index (χ3n) is 1.57. The SMILES string of the molecule is CC(=O)COCC(=O)NCNC(=O)COCC(=O)O. The van der Waals surface area contributed by atoms with Crippen molar-refractivity contribution < 1.29 is 33.8 Å². The molecule has 0 heterocycles. The van der Waals surface area contributed by atoms with Gasteiger partial charge in [0.05, 0.1) is 6.67 Å². The lowest BCUT2D eigenvalue weighted by molar-refractivity contribution is -0.143. The van der Waals surface area contributed by atoms with Gasteiger partial charge in [0.2, 0.25) is 11.8 Å². The Morgan fingerprint density at radius 1 is 0.895 bits per heavy atom. The first-order chi connectivity index (χ1) is 8.91. The van der Waals surface area contributed by atoms with E-state index in [1.165, 1.54) is 6.92 Å². The van der Waals surface area contributed by atoms with Gasteiger partial charge in [-0.2, -0.15) is 0 Å². The Hall–Kier alpha value is -2.00. The molecule has 0 atom stereocenters. The number of hydrogen-bond acceptors (Lipinski definition) is 6.